The molecular formula is C14H15BrO2S. The maximum atomic E-state index is 12.3. The van der Waals surface area contributed by atoms with Crippen molar-refractivity contribution < 1.29 is 8.42 Å². The van der Waals surface area contributed by atoms with E-state index in [9.17, 15) is 8.42 Å². The van der Waals surface area contributed by atoms with Crippen molar-refractivity contribution in [1.82, 2.24) is 0 Å². The molecule has 1 aromatic carbocycles. The summed E-state index contributed by atoms with van der Waals surface area (Å²) < 4.78 is 24.6. The molecule has 0 aromatic heterocycles. The Morgan fingerprint density at radius 2 is 1.78 bits per heavy atom. The van der Waals surface area contributed by atoms with E-state index in [4.69, 9.17) is 0 Å². The van der Waals surface area contributed by atoms with Gasteiger partial charge in [-0.15, -0.1) is 0 Å². The van der Waals surface area contributed by atoms with Gasteiger partial charge in [0.25, 0.3) is 0 Å². The lowest BCUT2D eigenvalue weighted by Crippen LogP contribution is -2.32. The number of sulfone groups is 1. The Hall–Kier alpha value is -0.610. The minimum absolute atomic E-state index is 0.0606. The van der Waals surface area contributed by atoms with Crippen LogP contribution in [0.4, 0.5) is 0 Å². The molecule has 4 atom stereocenters. The molecule has 0 radical (unpaired) electrons. The summed E-state index contributed by atoms with van der Waals surface area (Å²) in [5, 5.41) is -0.255. The van der Waals surface area contributed by atoms with Crippen LogP contribution in [0, 0.1) is 11.8 Å². The molecule has 96 valence electrons. The molecule has 2 aliphatic rings. The van der Waals surface area contributed by atoms with E-state index in [1.54, 1.807) is 0 Å². The van der Waals surface area contributed by atoms with Crippen molar-refractivity contribution in [3.63, 3.8) is 0 Å². The Kier molecular flexibility index (Phi) is 3.10. The van der Waals surface area contributed by atoms with Crippen molar-refractivity contribution in [2.45, 2.75) is 17.6 Å². The van der Waals surface area contributed by atoms with Crippen molar-refractivity contribution in [2.24, 2.45) is 11.8 Å². The molecule has 18 heavy (non-hydrogen) atoms. The monoisotopic (exact) mass is 326 g/mol. The number of fused-ring (bicyclic) bond motifs is 2. The molecule has 3 rings (SSSR count). The SMILES string of the molecule is O=S(=O)(CBr)C1C2C=CC(C2)C1c1ccccc1. The molecule has 0 heterocycles. The summed E-state index contributed by atoms with van der Waals surface area (Å²) in [7, 11) is -3.06. The summed E-state index contributed by atoms with van der Waals surface area (Å²) in [6, 6.07) is 10.1. The predicted octanol–water partition coefficient (Wildman–Crippen LogP) is 3.11. The first kappa shape index (κ1) is 12.4. The summed E-state index contributed by atoms with van der Waals surface area (Å²) >= 11 is 3.14. The molecule has 4 heteroatoms. The zero-order valence-corrected chi connectivity index (χ0v) is 12.3. The highest BCUT2D eigenvalue weighted by molar-refractivity contribution is 9.10. The number of benzene rings is 1. The lowest BCUT2D eigenvalue weighted by Gasteiger charge is -2.27. The van der Waals surface area contributed by atoms with Crippen LogP contribution < -0.4 is 0 Å². The summed E-state index contributed by atoms with van der Waals surface area (Å²) in [5.74, 6) is 0.711. The van der Waals surface area contributed by atoms with E-state index >= 15 is 0 Å². The molecule has 0 N–H and O–H groups in total. The van der Waals surface area contributed by atoms with Crippen molar-refractivity contribution in [2.75, 3.05) is 4.66 Å². The quantitative estimate of drug-likeness (QED) is 0.631. The smallest absolute Gasteiger partial charge is 0.164 e. The van der Waals surface area contributed by atoms with Crippen LogP contribution in [0.5, 0.6) is 0 Å². The van der Waals surface area contributed by atoms with Gasteiger partial charge in [-0.1, -0.05) is 58.4 Å². The lowest BCUT2D eigenvalue weighted by molar-refractivity contribution is 0.538. The number of hydrogen-bond acceptors (Lipinski definition) is 2. The molecule has 4 unspecified atom stereocenters. The van der Waals surface area contributed by atoms with E-state index in [-0.39, 0.29) is 21.7 Å². The van der Waals surface area contributed by atoms with Gasteiger partial charge >= 0.3 is 0 Å². The number of allylic oxidation sites excluding steroid dienone is 2. The Labute approximate surface area is 116 Å². The largest absolute Gasteiger partial charge is 0.228 e. The van der Waals surface area contributed by atoms with E-state index in [2.05, 4.69) is 40.2 Å². The standard InChI is InChI=1S/C14H15BrO2S/c15-9-18(16,17)14-12-7-6-11(8-12)13(14)10-4-2-1-3-5-10/h1-7,11-14H,8-9H2. The average Bonchev–Trinajstić information content (AvgIpc) is 3.00. The summed E-state index contributed by atoms with van der Waals surface area (Å²) in [6.45, 7) is 0. The van der Waals surface area contributed by atoms with E-state index in [1.165, 1.54) is 0 Å². The van der Waals surface area contributed by atoms with Gasteiger partial charge in [0.1, 0.15) is 4.66 Å². The van der Waals surface area contributed by atoms with Crippen molar-refractivity contribution in [3.8, 4) is 0 Å². The highest BCUT2D eigenvalue weighted by atomic mass is 79.9. The van der Waals surface area contributed by atoms with E-state index in [0.717, 1.165) is 12.0 Å². The Bertz CT molecular complexity index is 565. The fraction of sp³-hybridized carbons (Fsp3) is 0.429. The first-order valence-electron chi connectivity index (χ1n) is 6.14. The molecule has 2 bridgehead atoms. The second-order valence-electron chi connectivity index (χ2n) is 5.12. The lowest BCUT2D eigenvalue weighted by atomic mass is 9.86. The van der Waals surface area contributed by atoms with Crippen molar-refractivity contribution >= 4 is 25.8 Å². The fourth-order valence-electron chi connectivity index (χ4n) is 3.45. The third-order valence-electron chi connectivity index (χ3n) is 4.14. The van der Waals surface area contributed by atoms with Gasteiger partial charge in [-0.25, -0.2) is 8.42 Å². The van der Waals surface area contributed by atoms with Crippen molar-refractivity contribution in [3.05, 3.63) is 48.0 Å². The zero-order valence-electron chi connectivity index (χ0n) is 9.87. The summed E-state index contributed by atoms with van der Waals surface area (Å²) in [5.41, 5.74) is 1.16. The molecule has 0 aliphatic heterocycles. The molecule has 1 aromatic rings. The van der Waals surface area contributed by atoms with Crippen LogP contribution in [0.25, 0.3) is 0 Å². The fourth-order valence-corrected chi connectivity index (χ4v) is 6.05. The number of rotatable bonds is 3. The maximum absolute atomic E-state index is 12.3. The van der Waals surface area contributed by atoms with Crippen LogP contribution in [-0.2, 0) is 9.84 Å². The van der Waals surface area contributed by atoms with E-state index in [0.29, 0.717) is 5.92 Å². The first-order chi connectivity index (χ1) is 8.63. The minimum atomic E-state index is -3.06. The number of hydrogen-bond donors (Lipinski definition) is 0. The van der Waals surface area contributed by atoms with Gasteiger partial charge in [0, 0.05) is 5.92 Å². The van der Waals surface area contributed by atoms with Gasteiger partial charge in [-0.3, -0.25) is 0 Å². The van der Waals surface area contributed by atoms with Gasteiger partial charge in [0.15, 0.2) is 9.84 Å². The molecule has 1 fully saturated rings. The zero-order chi connectivity index (χ0) is 12.8. The molecule has 0 spiro atoms. The summed E-state index contributed by atoms with van der Waals surface area (Å²) in [6.07, 6.45) is 5.27. The first-order valence-corrected chi connectivity index (χ1v) is 8.98. The Balaban J connectivity index is 2.05. The van der Waals surface area contributed by atoms with E-state index < -0.39 is 9.84 Å². The Morgan fingerprint density at radius 1 is 1.11 bits per heavy atom. The predicted molar refractivity (Wildman–Crippen MR) is 76.4 cm³/mol. The number of alkyl halides is 1. The maximum Gasteiger partial charge on any atom is 0.164 e. The highest BCUT2D eigenvalue weighted by Crippen LogP contribution is 2.52. The molecule has 0 saturated heterocycles. The van der Waals surface area contributed by atoms with Crippen LogP contribution in [0.1, 0.15) is 17.9 Å². The normalized spacial score (nSPS) is 34.1. The summed E-state index contributed by atoms with van der Waals surface area (Å²) in [4.78, 5) is 0. The third-order valence-corrected chi connectivity index (χ3v) is 7.83. The van der Waals surface area contributed by atoms with Gasteiger partial charge in [-0.05, 0) is 23.8 Å². The Morgan fingerprint density at radius 3 is 2.44 bits per heavy atom. The van der Waals surface area contributed by atoms with Gasteiger partial charge in [0.2, 0.25) is 0 Å². The van der Waals surface area contributed by atoms with Gasteiger partial charge in [0.05, 0.1) is 5.25 Å². The highest BCUT2D eigenvalue weighted by Gasteiger charge is 2.50. The minimum Gasteiger partial charge on any atom is -0.228 e. The van der Waals surface area contributed by atoms with E-state index in [1.807, 2.05) is 18.2 Å². The average molecular weight is 327 g/mol. The van der Waals surface area contributed by atoms with Crippen LogP contribution in [0.3, 0.4) is 0 Å². The molecule has 2 nitrogen and oxygen atoms in total. The second kappa shape index (κ2) is 4.49. The van der Waals surface area contributed by atoms with Gasteiger partial charge < -0.3 is 0 Å². The van der Waals surface area contributed by atoms with Crippen LogP contribution in [0.15, 0.2) is 42.5 Å². The second-order valence-corrected chi connectivity index (χ2v) is 8.58. The van der Waals surface area contributed by atoms with Crippen LogP contribution in [-0.4, -0.2) is 18.3 Å². The molecule has 0 amide bonds. The molecule has 2 aliphatic carbocycles. The third kappa shape index (κ3) is 1.86. The van der Waals surface area contributed by atoms with Crippen molar-refractivity contribution in [1.29, 1.82) is 0 Å². The van der Waals surface area contributed by atoms with Gasteiger partial charge in [-0.2, -0.15) is 0 Å². The van der Waals surface area contributed by atoms with Crippen LogP contribution >= 0.6 is 15.9 Å². The van der Waals surface area contributed by atoms with Crippen LogP contribution in [0.2, 0.25) is 0 Å². The molecule has 1 saturated carbocycles. The number of halogens is 1. The molecular weight excluding hydrogens is 312 g/mol. The topological polar surface area (TPSA) is 34.1 Å².